The van der Waals surface area contributed by atoms with Crippen molar-refractivity contribution >= 4 is 58.2 Å². The Labute approximate surface area is 216 Å². The smallest absolute Gasteiger partial charge is 0.168 e. The van der Waals surface area contributed by atoms with Gasteiger partial charge in [-0.05, 0) is 60.5 Å². The number of thioether (sulfide) groups is 1. The van der Waals surface area contributed by atoms with Crippen molar-refractivity contribution in [2.75, 3.05) is 0 Å². The van der Waals surface area contributed by atoms with E-state index in [1.165, 1.54) is 12.2 Å². The van der Waals surface area contributed by atoms with Crippen LogP contribution in [0.4, 0.5) is 4.39 Å². The molecule has 1 unspecified atom stereocenters. The fourth-order valence-electron chi connectivity index (χ4n) is 3.67. The Kier molecular flexibility index (Phi) is 7.62. The molecule has 0 bridgehead atoms. The van der Waals surface area contributed by atoms with E-state index < -0.39 is 5.41 Å². The lowest BCUT2D eigenvalue weighted by atomic mass is 9.79. The Morgan fingerprint density at radius 2 is 1.85 bits per heavy atom. The van der Waals surface area contributed by atoms with Crippen LogP contribution in [0.1, 0.15) is 23.7 Å². The Hall–Kier alpha value is -1.69. The number of imidazole rings is 1. The first-order valence-electron chi connectivity index (χ1n) is 10.1. The van der Waals surface area contributed by atoms with Crippen LogP contribution in [-0.4, -0.2) is 9.55 Å². The van der Waals surface area contributed by atoms with Gasteiger partial charge in [-0.15, -0.1) is 0 Å². The van der Waals surface area contributed by atoms with E-state index >= 15 is 0 Å². The predicted octanol–water partition coefficient (Wildman–Crippen LogP) is 9.07. The van der Waals surface area contributed by atoms with Crippen LogP contribution >= 0.6 is 58.2 Å². The van der Waals surface area contributed by atoms with Crippen LogP contribution in [0.25, 0.3) is 0 Å². The molecule has 0 spiro atoms. The summed E-state index contributed by atoms with van der Waals surface area (Å²) < 4.78 is 16.3. The van der Waals surface area contributed by atoms with E-state index in [0.29, 0.717) is 32.4 Å². The van der Waals surface area contributed by atoms with Crippen molar-refractivity contribution in [2.24, 2.45) is 0 Å². The zero-order valence-electron chi connectivity index (χ0n) is 17.5. The van der Waals surface area contributed by atoms with Gasteiger partial charge < -0.3 is 4.57 Å². The fourth-order valence-corrected chi connectivity index (χ4v) is 5.40. The molecular weight excluding hydrogens is 521 g/mol. The van der Waals surface area contributed by atoms with E-state index in [4.69, 9.17) is 51.4 Å². The standard InChI is InChI=1S/C25H19Cl4FN2S/c1-25(17-6-8-21(28)22(29)13-17)10-2-4-19(30)5-3-11-32-23(25)14-31-24(32)33-15-16-12-18(26)7-9-20(16)27/h2-10,12-14H,11,15H2,1H3. The van der Waals surface area contributed by atoms with E-state index in [-0.39, 0.29) is 5.83 Å². The molecule has 0 amide bonds. The molecule has 2 nitrogen and oxygen atoms in total. The molecule has 0 saturated carbocycles. The second-order valence-corrected chi connectivity index (χ2v) is 10.3. The van der Waals surface area contributed by atoms with E-state index in [2.05, 4.69) is 11.5 Å². The van der Waals surface area contributed by atoms with Crippen molar-refractivity contribution in [3.05, 3.63) is 116 Å². The summed E-state index contributed by atoms with van der Waals surface area (Å²) >= 11 is 26.5. The SMILES string of the molecule is CC1(c2ccc(Cl)c(Cl)c2)C=CC=C(F)C=CCn2c1cnc2SCc1cc(Cl)ccc1Cl. The summed E-state index contributed by atoms with van der Waals surface area (Å²) in [5.74, 6) is 0.263. The molecule has 2 heterocycles. The minimum Gasteiger partial charge on any atom is -0.318 e. The summed E-state index contributed by atoms with van der Waals surface area (Å²) in [6.07, 6.45) is 10.2. The van der Waals surface area contributed by atoms with Crippen LogP contribution in [0.3, 0.4) is 0 Å². The van der Waals surface area contributed by atoms with Gasteiger partial charge in [0.05, 0.1) is 27.4 Å². The molecule has 0 fully saturated rings. The van der Waals surface area contributed by atoms with Crippen LogP contribution < -0.4 is 0 Å². The average molecular weight is 540 g/mol. The lowest BCUT2D eigenvalue weighted by molar-refractivity contribution is 0.594. The van der Waals surface area contributed by atoms with Crippen molar-refractivity contribution in [2.45, 2.75) is 29.8 Å². The van der Waals surface area contributed by atoms with Gasteiger partial charge in [0.25, 0.3) is 0 Å². The molecule has 1 aromatic heterocycles. The average Bonchev–Trinajstić information content (AvgIpc) is 3.19. The van der Waals surface area contributed by atoms with Gasteiger partial charge in [-0.25, -0.2) is 9.37 Å². The maximum atomic E-state index is 14.2. The topological polar surface area (TPSA) is 17.8 Å². The Balaban J connectivity index is 1.78. The van der Waals surface area contributed by atoms with Gasteiger partial charge in [-0.1, -0.05) is 82.5 Å². The van der Waals surface area contributed by atoms with E-state index in [1.54, 1.807) is 42.1 Å². The third kappa shape index (κ3) is 5.36. The molecule has 0 radical (unpaired) electrons. The van der Waals surface area contributed by atoms with Crippen molar-refractivity contribution in [1.29, 1.82) is 0 Å². The van der Waals surface area contributed by atoms with Crippen LogP contribution in [-0.2, 0) is 17.7 Å². The first kappa shape index (κ1) is 24.4. The Morgan fingerprint density at radius 1 is 1.06 bits per heavy atom. The highest BCUT2D eigenvalue weighted by atomic mass is 35.5. The van der Waals surface area contributed by atoms with E-state index in [9.17, 15) is 4.39 Å². The third-order valence-electron chi connectivity index (χ3n) is 5.48. The number of fused-ring (bicyclic) bond motifs is 1. The number of halogens is 5. The summed E-state index contributed by atoms with van der Waals surface area (Å²) in [6.45, 7) is 2.50. The van der Waals surface area contributed by atoms with Gasteiger partial charge >= 0.3 is 0 Å². The van der Waals surface area contributed by atoms with Gasteiger partial charge in [-0.2, -0.15) is 0 Å². The second-order valence-electron chi connectivity index (χ2n) is 7.71. The number of rotatable bonds is 4. The second kappa shape index (κ2) is 10.3. The molecule has 0 N–H and O–H groups in total. The minimum atomic E-state index is -0.629. The monoisotopic (exact) mass is 538 g/mol. The number of benzene rings is 2. The van der Waals surface area contributed by atoms with Crippen molar-refractivity contribution < 1.29 is 4.39 Å². The van der Waals surface area contributed by atoms with Crippen LogP contribution in [0.2, 0.25) is 20.1 Å². The van der Waals surface area contributed by atoms with Gasteiger partial charge in [0, 0.05) is 22.3 Å². The first-order valence-corrected chi connectivity index (χ1v) is 12.6. The molecule has 0 saturated heterocycles. The molecule has 170 valence electrons. The number of nitrogens with zero attached hydrogens (tertiary/aromatic N) is 2. The van der Waals surface area contributed by atoms with Crippen molar-refractivity contribution in [3.8, 4) is 0 Å². The predicted molar refractivity (Wildman–Crippen MR) is 139 cm³/mol. The van der Waals surface area contributed by atoms with Crippen LogP contribution in [0.5, 0.6) is 0 Å². The van der Waals surface area contributed by atoms with Gasteiger partial charge in [-0.3, -0.25) is 0 Å². The van der Waals surface area contributed by atoms with Crippen LogP contribution in [0.15, 0.2) is 84.0 Å². The lowest BCUT2D eigenvalue weighted by Crippen LogP contribution is -2.25. The molecule has 1 atom stereocenters. The quantitative estimate of drug-likeness (QED) is 0.307. The molecule has 33 heavy (non-hydrogen) atoms. The molecule has 4 rings (SSSR count). The molecule has 0 aliphatic carbocycles. The van der Waals surface area contributed by atoms with Crippen molar-refractivity contribution in [1.82, 2.24) is 9.55 Å². The Bertz CT molecular complexity index is 1280. The van der Waals surface area contributed by atoms with E-state index in [1.807, 2.05) is 30.5 Å². The van der Waals surface area contributed by atoms with Gasteiger partial charge in [0.15, 0.2) is 5.16 Å². The largest absolute Gasteiger partial charge is 0.318 e. The third-order valence-corrected chi connectivity index (χ3v) is 7.87. The highest BCUT2D eigenvalue weighted by molar-refractivity contribution is 7.98. The number of aromatic nitrogens is 2. The normalized spacial score (nSPS) is 18.2. The molecule has 1 aliphatic rings. The Morgan fingerprint density at radius 3 is 2.64 bits per heavy atom. The molecule has 2 aromatic carbocycles. The molecule has 3 aromatic rings. The zero-order chi connectivity index (χ0) is 23.6. The maximum absolute atomic E-state index is 14.2. The van der Waals surface area contributed by atoms with Gasteiger partial charge in [0.2, 0.25) is 0 Å². The van der Waals surface area contributed by atoms with Crippen molar-refractivity contribution in [3.63, 3.8) is 0 Å². The summed E-state index contributed by atoms with van der Waals surface area (Å²) in [4.78, 5) is 4.70. The van der Waals surface area contributed by atoms with E-state index in [0.717, 1.165) is 22.0 Å². The molecule has 8 heteroatoms. The minimum absolute atomic E-state index is 0.328. The molecular formula is C25H19Cl4FN2S. The zero-order valence-corrected chi connectivity index (χ0v) is 21.4. The highest BCUT2D eigenvalue weighted by Crippen LogP contribution is 2.39. The molecule has 1 aliphatic heterocycles. The van der Waals surface area contributed by atoms with Crippen LogP contribution in [0, 0.1) is 0 Å². The number of hydrogen-bond acceptors (Lipinski definition) is 2. The maximum Gasteiger partial charge on any atom is 0.168 e. The number of hydrogen-bond donors (Lipinski definition) is 0. The highest BCUT2D eigenvalue weighted by Gasteiger charge is 2.31. The summed E-state index contributed by atoms with van der Waals surface area (Å²) in [6, 6.07) is 10.9. The summed E-state index contributed by atoms with van der Waals surface area (Å²) in [5.41, 5.74) is 2.15. The summed E-state index contributed by atoms with van der Waals surface area (Å²) in [5, 5.41) is 3.00. The summed E-state index contributed by atoms with van der Waals surface area (Å²) in [7, 11) is 0. The fraction of sp³-hybridized carbons (Fsp3) is 0.160. The first-order chi connectivity index (χ1) is 15.8. The number of allylic oxidation sites excluding steroid dienone is 6. The van der Waals surface area contributed by atoms with Gasteiger partial charge in [0.1, 0.15) is 5.83 Å². The lowest BCUT2D eigenvalue weighted by Gasteiger charge is -2.29.